The zero-order valence-electron chi connectivity index (χ0n) is 9.92. The van der Waals surface area contributed by atoms with E-state index in [1.807, 2.05) is 6.07 Å². The number of hydrogen-bond donors (Lipinski definition) is 0. The van der Waals surface area contributed by atoms with E-state index in [1.165, 1.54) is 5.56 Å². The molecule has 0 atom stereocenters. The van der Waals surface area contributed by atoms with Crippen LogP contribution in [0, 0.1) is 0 Å². The van der Waals surface area contributed by atoms with Crippen LogP contribution in [0.25, 0.3) is 0 Å². The number of hydrogen-bond acceptors (Lipinski definition) is 3. The summed E-state index contributed by atoms with van der Waals surface area (Å²) in [6, 6.07) is 4.13. The van der Waals surface area contributed by atoms with E-state index in [0.29, 0.717) is 0 Å². The number of halogens is 1. The van der Waals surface area contributed by atoms with Crippen LogP contribution in [0.5, 0.6) is 5.75 Å². The molecule has 1 aliphatic rings. The van der Waals surface area contributed by atoms with Gasteiger partial charge in [0, 0.05) is 5.56 Å². The van der Waals surface area contributed by atoms with Crippen molar-refractivity contribution in [1.82, 2.24) is 0 Å². The number of isocyanates is 1. The summed E-state index contributed by atoms with van der Waals surface area (Å²) in [4.78, 5) is 14.5. The maximum atomic E-state index is 10.5. The van der Waals surface area contributed by atoms with Gasteiger partial charge in [-0.1, -0.05) is 6.92 Å². The number of rotatable bonds is 4. The zero-order valence-corrected chi connectivity index (χ0v) is 11.5. The molecule has 1 aromatic rings. The number of benzene rings is 1. The van der Waals surface area contributed by atoms with Crippen LogP contribution in [-0.2, 0) is 16.8 Å². The molecular formula is C13H14BrNO2. The molecule has 0 aromatic heterocycles. The summed E-state index contributed by atoms with van der Waals surface area (Å²) in [5, 5.41) is 0. The molecular weight excluding hydrogens is 282 g/mol. The topological polar surface area (TPSA) is 38.7 Å². The normalized spacial score (nSPS) is 16.2. The van der Waals surface area contributed by atoms with Gasteiger partial charge < -0.3 is 4.74 Å². The minimum Gasteiger partial charge on any atom is -0.495 e. The molecule has 0 N–H and O–H groups in total. The fourth-order valence-electron chi connectivity index (χ4n) is 2.05. The fraction of sp³-hybridized carbons (Fsp3) is 0.462. The van der Waals surface area contributed by atoms with E-state index in [9.17, 15) is 4.79 Å². The molecule has 1 saturated carbocycles. The average molecular weight is 296 g/mol. The minimum absolute atomic E-state index is 0.388. The predicted molar refractivity (Wildman–Crippen MR) is 69.1 cm³/mol. The first kappa shape index (κ1) is 12.3. The maximum Gasteiger partial charge on any atom is 0.235 e. The molecule has 1 aliphatic carbocycles. The molecule has 0 radical (unpaired) electrons. The lowest BCUT2D eigenvalue weighted by Crippen LogP contribution is -2.06. The molecule has 1 aromatic carbocycles. The quantitative estimate of drug-likeness (QED) is 0.631. The zero-order chi connectivity index (χ0) is 12.5. The molecule has 17 heavy (non-hydrogen) atoms. The largest absolute Gasteiger partial charge is 0.495 e. The number of carbonyl (C=O) groups excluding carboxylic acids is 1. The van der Waals surface area contributed by atoms with Gasteiger partial charge >= 0.3 is 0 Å². The van der Waals surface area contributed by atoms with Crippen molar-refractivity contribution in [3.05, 3.63) is 27.7 Å². The molecule has 0 heterocycles. The summed E-state index contributed by atoms with van der Waals surface area (Å²) in [6.07, 6.45) is 4.40. The fourth-order valence-corrected chi connectivity index (χ4v) is 2.72. The van der Waals surface area contributed by atoms with E-state index in [-0.39, 0.29) is 5.54 Å². The molecule has 0 aliphatic heterocycles. The van der Waals surface area contributed by atoms with Gasteiger partial charge in [0.25, 0.3) is 0 Å². The SMILES string of the molecule is CCc1cc(Br)c(OC)c(C2(N=C=O)CC2)c1. The van der Waals surface area contributed by atoms with Gasteiger partial charge in [-0.15, -0.1) is 0 Å². The lowest BCUT2D eigenvalue weighted by atomic mass is 10.00. The lowest BCUT2D eigenvalue weighted by Gasteiger charge is -2.16. The Hall–Kier alpha value is -1.12. The summed E-state index contributed by atoms with van der Waals surface area (Å²) in [5.74, 6) is 0.777. The Bertz CT molecular complexity index is 488. The van der Waals surface area contributed by atoms with Crippen LogP contribution in [0.15, 0.2) is 21.6 Å². The highest BCUT2D eigenvalue weighted by molar-refractivity contribution is 9.10. The molecule has 4 heteroatoms. The third kappa shape index (κ3) is 2.15. The smallest absolute Gasteiger partial charge is 0.235 e. The maximum absolute atomic E-state index is 10.5. The Morgan fingerprint density at radius 1 is 1.53 bits per heavy atom. The standard InChI is InChI=1S/C13H14BrNO2/c1-3-9-6-10(12(17-2)11(14)7-9)13(4-5-13)15-8-16/h6-7H,3-5H2,1-2H3. The number of nitrogens with zero attached hydrogens (tertiary/aromatic N) is 1. The Balaban J connectivity index is 2.58. The Kier molecular flexibility index (Phi) is 3.36. The predicted octanol–water partition coefficient (Wildman–Crippen LogP) is 3.35. The molecule has 1 fully saturated rings. The molecule has 0 unspecified atom stereocenters. The number of aliphatic imine (C=N–C) groups is 1. The van der Waals surface area contributed by atoms with E-state index in [2.05, 4.69) is 33.9 Å². The monoisotopic (exact) mass is 295 g/mol. The highest BCUT2D eigenvalue weighted by Crippen LogP contribution is 2.53. The van der Waals surface area contributed by atoms with Crippen LogP contribution < -0.4 is 4.74 Å². The summed E-state index contributed by atoms with van der Waals surface area (Å²) < 4.78 is 6.33. The van der Waals surface area contributed by atoms with Gasteiger partial charge in [-0.2, -0.15) is 4.99 Å². The van der Waals surface area contributed by atoms with Crippen molar-refractivity contribution in [2.45, 2.75) is 31.7 Å². The second kappa shape index (κ2) is 4.63. The van der Waals surface area contributed by atoms with Crippen LogP contribution in [0.3, 0.4) is 0 Å². The van der Waals surface area contributed by atoms with Crippen LogP contribution in [0.2, 0.25) is 0 Å². The van der Waals surface area contributed by atoms with Crippen molar-refractivity contribution in [3.8, 4) is 5.75 Å². The highest BCUT2D eigenvalue weighted by atomic mass is 79.9. The van der Waals surface area contributed by atoms with Crippen LogP contribution in [0.1, 0.15) is 30.9 Å². The highest BCUT2D eigenvalue weighted by Gasteiger charge is 2.47. The van der Waals surface area contributed by atoms with Crippen molar-refractivity contribution in [2.24, 2.45) is 4.99 Å². The number of methoxy groups -OCH3 is 1. The second-order valence-electron chi connectivity index (χ2n) is 4.25. The van der Waals surface area contributed by atoms with E-state index in [1.54, 1.807) is 13.2 Å². The molecule has 0 spiro atoms. The van der Waals surface area contributed by atoms with Gasteiger partial charge in [-0.25, -0.2) is 4.79 Å². The van der Waals surface area contributed by atoms with E-state index in [4.69, 9.17) is 4.74 Å². The molecule has 0 bridgehead atoms. The Labute approximate surface area is 109 Å². The first-order valence-corrected chi connectivity index (χ1v) is 6.42. The summed E-state index contributed by atoms with van der Waals surface area (Å²) in [7, 11) is 1.63. The van der Waals surface area contributed by atoms with Crippen molar-refractivity contribution in [2.75, 3.05) is 7.11 Å². The Morgan fingerprint density at radius 2 is 2.24 bits per heavy atom. The third-order valence-corrected chi connectivity index (χ3v) is 3.79. The molecule has 2 rings (SSSR count). The van der Waals surface area contributed by atoms with Crippen LogP contribution >= 0.6 is 15.9 Å². The van der Waals surface area contributed by atoms with Crippen molar-refractivity contribution in [3.63, 3.8) is 0 Å². The van der Waals surface area contributed by atoms with Crippen molar-refractivity contribution in [1.29, 1.82) is 0 Å². The summed E-state index contributed by atoms with van der Waals surface area (Å²) in [6.45, 7) is 2.10. The van der Waals surface area contributed by atoms with Gasteiger partial charge in [0.15, 0.2) is 0 Å². The van der Waals surface area contributed by atoms with E-state index in [0.717, 1.165) is 35.0 Å². The van der Waals surface area contributed by atoms with Crippen LogP contribution in [0.4, 0.5) is 0 Å². The van der Waals surface area contributed by atoms with Crippen molar-refractivity contribution >= 4 is 22.0 Å². The second-order valence-corrected chi connectivity index (χ2v) is 5.10. The number of aryl methyl sites for hydroxylation is 1. The summed E-state index contributed by atoms with van der Waals surface area (Å²) >= 11 is 3.51. The van der Waals surface area contributed by atoms with E-state index >= 15 is 0 Å². The third-order valence-electron chi connectivity index (χ3n) is 3.20. The summed E-state index contributed by atoms with van der Waals surface area (Å²) in [5.41, 5.74) is 1.82. The van der Waals surface area contributed by atoms with Gasteiger partial charge in [-0.3, -0.25) is 0 Å². The Morgan fingerprint density at radius 3 is 2.71 bits per heavy atom. The first-order valence-electron chi connectivity index (χ1n) is 5.63. The number of ether oxygens (including phenoxy) is 1. The van der Waals surface area contributed by atoms with Gasteiger partial charge in [-0.05, 0) is 52.9 Å². The molecule has 90 valence electrons. The minimum atomic E-state index is -0.388. The molecule has 0 saturated heterocycles. The average Bonchev–Trinajstić information content (AvgIpc) is 3.09. The van der Waals surface area contributed by atoms with Crippen molar-refractivity contribution < 1.29 is 9.53 Å². The molecule has 0 amide bonds. The lowest BCUT2D eigenvalue weighted by molar-refractivity contribution is 0.401. The van der Waals surface area contributed by atoms with Gasteiger partial charge in [0.2, 0.25) is 6.08 Å². The molecule has 3 nitrogen and oxygen atoms in total. The first-order chi connectivity index (χ1) is 8.16. The van der Waals surface area contributed by atoms with E-state index < -0.39 is 0 Å². The van der Waals surface area contributed by atoms with Gasteiger partial charge in [0.1, 0.15) is 11.3 Å². The van der Waals surface area contributed by atoms with Gasteiger partial charge in [0.05, 0.1) is 11.6 Å². The van der Waals surface area contributed by atoms with Crippen LogP contribution in [-0.4, -0.2) is 13.2 Å².